The lowest BCUT2D eigenvalue weighted by atomic mass is 10.1. The number of carbonyl (C=O) groups excluding carboxylic acids is 2. The number of benzene rings is 1. The van der Waals surface area contributed by atoms with Gasteiger partial charge in [0.1, 0.15) is 17.5 Å². The number of piperazine rings is 1. The van der Waals surface area contributed by atoms with Crippen LogP contribution in [0, 0.1) is 11.3 Å². The minimum atomic E-state index is -0.165. The van der Waals surface area contributed by atoms with Gasteiger partial charge in [0.05, 0.1) is 16.4 Å². The van der Waals surface area contributed by atoms with Gasteiger partial charge in [-0.15, -0.1) is 11.3 Å². The number of aryl methyl sites for hydroxylation is 1. The highest BCUT2D eigenvalue weighted by atomic mass is 32.2. The van der Waals surface area contributed by atoms with Crippen LogP contribution in [0.15, 0.2) is 34.8 Å². The number of hydrogen-bond donors (Lipinski definition) is 3. The van der Waals surface area contributed by atoms with E-state index in [1.807, 2.05) is 10.3 Å². The van der Waals surface area contributed by atoms with Crippen molar-refractivity contribution in [2.75, 3.05) is 37.2 Å². The molecule has 3 heterocycles. The largest absolute Gasteiger partial charge is 0.382 e. The van der Waals surface area contributed by atoms with Gasteiger partial charge in [-0.3, -0.25) is 9.59 Å². The summed E-state index contributed by atoms with van der Waals surface area (Å²) in [6, 6.07) is 9.12. The monoisotopic (exact) mass is 522 g/mol. The molecular formula is C24H26N8O2S2. The van der Waals surface area contributed by atoms with Crippen LogP contribution in [0.3, 0.4) is 0 Å². The third kappa shape index (κ3) is 6.57. The van der Waals surface area contributed by atoms with Gasteiger partial charge < -0.3 is 21.3 Å². The van der Waals surface area contributed by atoms with Gasteiger partial charge in [0.2, 0.25) is 11.8 Å². The molecule has 2 aromatic heterocycles. The summed E-state index contributed by atoms with van der Waals surface area (Å²) in [4.78, 5) is 39.1. The molecule has 1 aliphatic rings. The summed E-state index contributed by atoms with van der Waals surface area (Å²) in [5.41, 5.74) is 8.94. The molecule has 0 aliphatic carbocycles. The van der Waals surface area contributed by atoms with Gasteiger partial charge in [-0.1, -0.05) is 23.9 Å². The van der Waals surface area contributed by atoms with E-state index in [1.54, 1.807) is 35.6 Å². The zero-order valence-electron chi connectivity index (χ0n) is 19.8. The first kappa shape index (κ1) is 25.6. The molecule has 0 spiro atoms. The lowest BCUT2D eigenvalue weighted by Gasteiger charge is -2.27. The van der Waals surface area contributed by atoms with Crippen LogP contribution in [0.5, 0.6) is 0 Å². The van der Waals surface area contributed by atoms with E-state index in [4.69, 9.17) is 5.73 Å². The Balaban J connectivity index is 1.40. The normalized spacial score (nSPS) is 13.3. The maximum absolute atomic E-state index is 12.4. The van der Waals surface area contributed by atoms with Gasteiger partial charge in [0.15, 0.2) is 5.16 Å². The third-order valence-electron chi connectivity index (χ3n) is 5.48. The number of nitrogens with zero attached hydrogens (tertiary/aromatic N) is 5. The van der Waals surface area contributed by atoms with Gasteiger partial charge in [0, 0.05) is 68.3 Å². The number of aromatic nitrogens is 3. The second-order valence-corrected chi connectivity index (χ2v) is 10.0. The van der Waals surface area contributed by atoms with Crippen molar-refractivity contribution in [3.05, 3.63) is 45.9 Å². The average molecular weight is 523 g/mol. The molecule has 36 heavy (non-hydrogen) atoms. The highest BCUT2D eigenvalue weighted by Crippen LogP contribution is 2.30. The molecule has 0 unspecified atom stereocenters. The molecule has 10 nitrogen and oxygen atoms in total. The van der Waals surface area contributed by atoms with Crippen molar-refractivity contribution >= 4 is 46.4 Å². The zero-order chi connectivity index (χ0) is 25.5. The number of thiazole rings is 1. The highest BCUT2D eigenvalue weighted by Gasteiger charge is 2.17. The maximum atomic E-state index is 12.4. The summed E-state index contributed by atoms with van der Waals surface area (Å²) in [7, 11) is 0. The predicted octanol–water partition coefficient (Wildman–Crippen LogP) is 2.67. The van der Waals surface area contributed by atoms with E-state index >= 15 is 0 Å². The first-order chi connectivity index (χ1) is 17.4. The molecule has 1 aromatic carbocycles. The molecule has 4 N–H and O–H groups in total. The molecule has 0 bridgehead atoms. The Labute approximate surface area is 217 Å². The fourth-order valence-corrected chi connectivity index (χ4v) is 5.36. The van der Waals surface area contributed by atoms with Crippen LogP contribution in [-0.2, 0) is 21.8 Å². The minimum Gasteiger partial charge on any atom is -0.382 e. The molecule has 1 fully saturated rings. The Morgan fingerprint density at radius 2 is 1.97 bits per heavy atom. The molecule has 0 radical (unpaired) electrons. The third-order valence-corrected chi connectivity index (χ3v) is 7.32. The molecule has 2 amide bonds. The molecule has 0 atom stereocenters. The Morgan fingerprint density at radius 3 is 2.67 bits per heavy atom. The number of rotatable bonds is 8. The van der Waals surface area contributed by atoms with E-state index in [9.17, 15) is 14.9 Å². The van der Waals surface area contributed by atoms with Crippen molar-refractivity contribution in [2.45, 2.75) is 30.7 Å². The van der Waals surface area contributed by atoms with Gasteiger partial charge in [-0.05, 0) is 12.1 Å². The number of hydrogen-bond acceptors (Lipinski definition) is 10. The molecule has 0 saturated carbocycles. The maximum Gasteiger partial charge on any atom is 0.223 e. The Morgan fingerprint density at radius 1 is 1.22 bits per heavy atom. The summed E-state index contributed by atoms with van der Waals surface area (Å²) in [5.74, 6) is 0.652. The van der Waals surface area contributed by atoms with Crippen LogP contribution >= 0.6 is 23.1 Å². The molecule has 1 saturated heterocycles. The van der Waals surface area contributed by atoms with Crippen LogP contribution in [0.1, 0.15) is 29.6 Å². The van der Waals surface area contributed by atoms with Gasteiger partial charge in [0.25, 0.3) is 0 Å². The van der Waals surface area contributed by atoms with Gasteiger partial charge >= 0.3 is 0 Å². The molecule has 4 rings (SSSR count). The van der Waals surface area contributed by atoms with Crippen LogP contribution in [-0.4, -0.2) is 57.8 Å². The number of amides is 2. The summed E-state index contributed by atoms with van der Waals surface area (Å²) in [6.45, 7) is 4.64. The van der Waals surface area contributed by atoms with E-state index in [1.165, 1.54) is 18.7 Å². The van der Waals surface area contributed by atoms with Crippen LogP contribution < -0.4 is 16.4 Å². The van der Waals surface area contributed by atoms with Crippen molar-refractivity contribution in [1.29, 1.82) is 5.26 Å². The van der Waals surface area contributed by atoms with Crippen molar-refractivity contribution < 1.29 is 9.59 Å². The van der Waals surface area contributed by atoms with E-state index in [0.29, 0.717) is 40.7 Å². The van der Waals surface area contributed by atoms with Crippen LogP contribution in [0.25, 0.3) is 11.3 Å². The summed E-state index contributed by atoms with van der Waals surface area (Å²) in [6.07, 6.45) is 1.08. The SMILES string of the molecule is CC(=O)Nc1ccc(-c2nc(SCc3csc(CCC(=O)N4CCNCC4)n3)nc(N)c2C#N)cc1. The topological polar surface area (TPSA) is 150 Å². The Bertz CT molecular complexity index is 1280. The van der Waals surface area contributed by atoms with Crippen molar-refractivity contribution in [1.82, 2.24) is 25.2 Å². The van der Waals surface area contributed by atoms with E-state index in [0.717, 1.165) is 36.9 Å². The number of nitrogen functional groups attached to an aromatic ring is 1. The second-order valence-electron chi connectivity index (χ2n) is 8.14. The lowest BCUT2D eigenvalue weighted by Crippen LogP contribution is -2.46. The van der Waals surface area contributed by atoms with Crippen LogP contribution in [0.2, 0.25) is 0 Å². The molecule has 3 aromatic rings. The summed E-state index contributed by atoms with van der Waals surface area (Å²) >= 11 is 2.92. The molecular weight excluding hydrogens is 496 g/mol. The van der Waals surface area contributed by atoms with Gasteiger partial charge in [-0.25, -0.2) is 15.0 Å². The first-order valence-corrected chi connectivity index (χ1v) is 13.3. The zero-order valence-corrected chi connectivity index (χ0v) is 21.4. The minimum absolute atomic E-state index is 0.112. The number of thioether (sulfide) groups is 1. The highest BCUT2D eigenvalue weighted by molar-refractivity contribution is 7.98. The number of anilines is 2. The van der Waals surface area contributed by atoms with Crippen molar-refractivity contribution in [3.8, 4) is 17.3 Å². The average Bonchev–Trinajstić information content (AvgIpc) is 3.34. The second kappa shape index (κ2) is 11.9. The smallest absolute Gasteiger partial charge is 0.223 e. The number of nitrogens with two attached hydrogens (primary N) is 1. The quantitative estimate of drug-likeness (QED) is 0.300. The van der Waals surface area contributed by atoms with Crippen molar-refractivity contribution in [2.24, 2.45) is 0 Å². The molecule has 12 heteroatoms. The lowest BCUT2D eigenvalue weighted by molar-refractivity contribution is -0.131. The van der Waals surface area contributed by atoms with Crippen molar-refractivity contribution in [3.63, 3.8) is 0 Å². The number of nitrogens with one attached hydrogen (secondary N) is 2. The first-order valence-electron chi connectivity index (χ1n) is 11.4. The number of carbonyl (C=O) groups is 2. The van der Waals surface area contributed by atoms with E-state index in [2.05, 4.69) is 31.7 Å². The fourth-order valence-electron chi connectivity index (χ4n) is 3.71. The van der Waals surface area contributed by atoms with Gasteiger partial charge in [-0.2, -0.15) is 5.26 Å². The Kier molecular flexibility index (Phi) is 8.48. The number of nitriles is 1. The molecule has 1 aliphatic heterocycles. The van der Waals surface area contributed by atoms with Crippen LogP contribution in [0.4, 0.5) is 11.5 Å². The summed E-state index contributed by atoms with van der Waals surface area (Å²) < 4.78 is 0. The van der Waals surface area contributed by atoms with E-state index in [-0.39, 0.29) is 23.2 Å². The standard InChI is InChI=1S/C24H26N8O2S2/c1-15(33)28-17-4-2-16(3-5-17)22-19(12-25)23(26)31-24(30-22)36-14-18-13-35-20(29-18)6-7-21(34)32-10-8-27-9-11-32/h2-5,13,27H,6-11,14H2,1H3,(H,28,33)(H2,26,30,31). The molecule has 186 valence electrons. The van der Waals surface area contributed by atoms with E-state index < -0.39 is 0 Å². The summed E-state index contributed by atoms with van der Waals surface area (Å²) in [5, 5.41) is 18.9. The predicted molar refractivity (Wildman–Crippen MR) is 140 cm³/mol. The fraction of sp³-hybridized carbons (Fsp3) is 0.333. The Hall–Kier alpha value is -3.53.